The number of carbonyl (C=O) groups is 1. The Kier molecular flexibility index (Phi) is 4.83. The van der Waals surface area contributed by atoms with E-state index in [4.69, 9.17) is 27.9 Å². The molecule has 2 aromatic carbocycles. The summed E-state index contributed by atoms with van der Waals surface area (Å²) >= 11 is 11.6. The molecule has 0 unspecified atom stereocenters. The maximum Gasteiger partial charge on any atom is 0.311 e. The summed E-state index contributed by atoms with van der Waals surface area (Å²) in [6.45, 7) is 0. The normalized spacial score (nSPS) is 10.2. The fourth-order valence-corrected chi connectivity index (χ4v) is 1.90. The highest BCUT2D eigenvalue weighted by molar-refractivity contribution is 6.42. The first-order valence-corrected chi connectivity index (χ1v) is 6.60. The largest absolute Gasteiger partial charge is 0.426 e. The van der Waals surface area contributed by atoms with E-state index in [0.717, 1.165) is 5.56 Å². The molecule has 0 aromatic heterocycles. The van der Waals surface area contributed by atoms with Crippen LogP contribution in [0, 0.1) is 0 Å². The van der Waals surface area contributed by atoms with Crippen LogP contribution < -0.4 is 4.74 Å². The number of rotatable bonds is 4. The Bertz CT molecular complexity index is 568. The van der Waals surface area contributed by atoms with Crippen LogP contribution in [0.25, 0.3) is 0 Å². The summed E-state index contributed by atoms with van der Waals surface area (Å²) in [5, 5.41) is 0.806. The molecule has 0 amide bonds. The Balaban J connectivity index is 1.89. The molecule has 98 valence electrons. The van der Waals surface area contributed by atoms with Gasteiger partial charge in [-0.05, 0) is 24.1 Å². The zero-order valence-corrected chi connectivity index (χ0v) is 11.6. The number of benzene rings is 2. The van der Waals surface area contributed by atoms with Crippen LogP contribution in [0.3, 0.4) is 0 Å². The first-order valence-electron chi connectivity index (χ1n) is 5.85. The highest BCUT2D eigenvalue weighted by atomic mass is 35.5. The average Bonchev–Trinajstić information content (AvgIpc) is 2.42. The number of hydrogen-bond acceptors (Lipinski definition) is 2. The van der Waals surface area contributed by atoms with Gasteiger partial charge in [0.25, 0.3) is 0 Å². The van der Waals surface area contributed by atoms with E-state index >= 15 is 0 Å². The Morgan fingerprint density at radius 2 is 1.74 bits per heavy atom. The molecule has 2 aromatic rings. The van der Waals surface area contributed by atoms with Crippen LogP contribution >= 0.6 is 23.2 Å². The fourth-order valence-electron chi connectivity index (χ4n) is 1.61. The molecule has 0 heterocycles. The molecule has 0 bridgehead atoms. The van der Waals surface area contributed by atoms with Gasteiger partial charge in [0.15, 0.2) is 0 Å². The third kappa shape index (κ3) is 4.27. The second-order valence-electron chi connectivity index (χ2n) is 4.04. The topological polar surface area (TPSA) is 26.3 Å². The number of esters is 1. The molecule has 0 fully saturated rings. The van der Waals surface area contributed by atoms with Gasteiger partial charge < -0.3 is 4.74 Å². The number of carbonyl (C=O) groups excluding carboxylic acids is 1. The first-order chi connectivity index (χ1) is 9.15. The third-order valence-corrected chi connectivity index (χ3v) is 3.32. The smallest absolute Gasteiger partial charge is 0.311 e. The summed E-state index contributed by atoms with van der Waals surface area (Å²) in [5.74, 6) is 0.120. The molecule has 0 saturated carbocycles. The Labute approximate surface area is 121 Å². The summed E-state index contributed by atoms with van der Waals surface area (Å²) in [6, 6.07) is 14.5. The van der Waals surface area contributed by atoms with Gasteiger partial charge in [-0.1, -0.05) is 53.5 Å². The van der Waals surface area contributed by atoms with E-state index in [0.29, 0.717) is 28.6 Å². The minimum absolute atomic E-state index is 0.290. The molecule has 0 aliphatic heterocycles. The monoisotopic (exact) mass is 294 g/mol. The molecule has 0 saturated heterocycles. The minimum Gasteiger partial charge on any atom is -0.426 e. The second kappa shape index (κ2) is 6.60. The third-order valence-electron chi connectivity index (χ3n) is 2.58. The van der Waals surface area contributed by atoms with E-state index in [2.05, 4.69) is 0 Å². The SMILES string of the molecule is O=C(CCc1ccccc1)Oc1ccc(Cl)c(Cl)c1. The molecule has 0 N–H and O–H groups in total. The summed E-state index contributed by atoms with van der Waals surface area (Å²) in [7, 11) is 0. The van der Waals surface area contributed by atoms with Crippen molar-refractivity contribution in [2.24, 2.45) is 0 Å². The standard InChI is InChI=1S/C15H12Cl2O2/c16-13-8-7-12(10-14(13)17)19-15(18)9-6-11-4-2-1-3-5-11/h1-5,7-8,10H,6,9H2. The Hall–Kier alpha value is -1.51. The van der Waals surface area contributed by atoms with Gasteiger partial charge in [-0.25, -0.2) is 0 Å². The van der Waals surface area contributed by atoms with Gasteiger partial charge in [0.05, 0.1) is 10.0 Å². The van der Waals surface area contributed by atoms with E-state index in [-0.39, 0.29) is 5.97 Å². The number of halogens is 2. The lowest BCUT2D eigenvalue weighted by atomic mass is 10.1. The van der Waals surface area contributed by atoms with Crippen molar-refractivity contribution in [1.29, 1.82) is 0 Å². The van der Waals surface area contributed by atoms with Crippen LogP contribution in [0.5, 0.6) is 5.75 Å². The molecule has 0 spiro atoms. The van der Waals surface area contributed by atoms with Crippen LogP contribution in [0.15, 0.2) is 48.5 Å². The van der Waals surface area contributed by atoms with Crippen LogP contribution in [0.2, 0.25) is 10.0 Å². The van der Waals surface area contributed by atoms with E-state index < -0.39 is 0 Å². The van der Waals surface area contributed by atoms with Gasteiger partial charge in [-0.15, -0.1) is 0 Å². The van der Waals surface area contributed by atoms with Gasteiger partial charge in [0.2, 0.25) is 0 Å². The predicted molar refractivity (Wildman–Crippen MR) is 76.9 cm³/mol. The summed E-state index contributed by atoms with van der Waals surface area (Å²) in [4.78, 5) is 11.7. The van der Waals surface area contributed by atoms with Crippen molar-refractivity contribution in [2.45, 2.75) is 12.8 Å². The quantitative estimate of drug-likeness (QED) is 0.612. The molecular formula is C15H12Cl2O2. The molecule has 2 nitrogen and oxygen atoms in total. The van der Waals surface area contributed by atoms with E-state index in [1.54, 1.807) is 12.1 Å². The summed E-state index contributed by atoms with van der Waals surface area (Å²) in [5.41, 5.74) is 1.11. The van der Waals surface area contributed by atoms with Crippen molar-refractivity contribution in [3.63, 3.8) is 0 Å². The summed E-state index contributed by atoms with van der Waals surface area (Å²) in [6.07, 6.45) is 0.977. The van der Waals surface area contributed by atoms with Gasteiger partial charge >= 0.3 is 5.97 Å². The number of ether oxygens (including phenoxy) is 1. The van der Waals surface area contributed by atoms with Gasteiger partial charge in [0.1, 0.15) is 5.75 Å². The fraction of sp³-hybridized carbons (Fsp3) is 0.133. The predicted octanol–water partition coefficient (Wildman–Crippen LogP) is 4.53. The van der Waals surface area contributed by atoms with E-state index in [1.165, 1.54) is 6.07 Å². The highest BCUT2D eigenvalue weighted by Crippen LogP contribution is 2.26. The lowest BCUT2D eigenvalue weighted by Gasteiger charge is -2.05. The summed E-state index contributed by atoms with van der Waals surface area (Å²) < 4.78 is 5.19. The molecule has 4 heteroatoms. The maximum absolute atomic E-state index is 11.7. The van der Waals surface area contributed by atoms with Crippen molar-refractivity contribution >= 4 is 29.2 Å². The van der Waals surface area contributed by atoms with Crippen LogP contribution in [0.4, 0.5) is 0 Å². The second-order valence-corrected chi connectivity index (χ2v) is 4.85. The van der Waals surface area contributed by atoms with Crippen molar-refractivity contribution in [3.8, 4) is 5.75 Å². The molecule has 0 atom stereocenters. The van der Waals surface area contributed by atoms with Crippen molar-refractivity contribution in [3.05, 3.63) is 64.1 Å². The maximum atomic E-state index is 11.7. The van der Waals surface area contributed by atoms with E-state index in [9.17, 15) is 4.79 Å². The molecule has 19 heavy (non-hydrogen) atoms. The number of aryl methyl sites for hydroxylation is 1. The van der Waals surface area contributed by atoms with E-state index in [1.807, 2.05) is 30.3 Å². The molecular weight excluding hydrogens is 283 g/mol. The van der Waals surface area contributed by atoms with Gasteiger partial charge in [-0.3, -0.25) is 4.79 Å². The van der Waals surface area contributed by atoms with Crippen molar-refractivity contribution in [2.75, 3.05) is 0 Å². The molecule has 0 aliphatic carbocycles. The highest BCUT2D eigenvalue weighted by Gasteiger charge is 2.07. The van der Waals surface area contributed by atoms with Crippen molar-refractivity contribution < 1.29 is 9.53 Å². The minimum atomic E-state index is -0.290. The van der Waals surface area contributed by atoms with Crippen LogP contribution in [0.1, 0.15) is 12.0 Å². The van der Waals surface area contributed by atoms with Gasteiger partial charge in [0, 0.05) is 12.5 Å². The lowest BCUT2D eigenvalue weighted by molar-refractivity contribution is -0.134. The average molecular weight is 295 g/mol. The van der Waals surface area contributed by atoms with Gasteiger partial charge in [-0.2, -0.15) is 0 Å². The Morgan fingerprint density at radius 1 is 1.00 bits per heavy atom. The zero-order valence-electron chi connectivity index (χ0n) is 10.1. The lowest BCUT2D eigenvalue weighted by Crippen LogP contribution is -2.08. The molecule has 0 aliphatic rings. The van der Waals surface area contributed by atoms with Crippen LogP contribution in [-0.2, 0) is 11.2 Å². The first kappa shape index (κ1) is 13.9. The zero-order chi connectivity index (χ0) is 13.7. The Morgan fingerprint density at radius 3 is 2.42 bits per heavy atom. The number of hydrogen-bond donors (Lipinski definition) is 0. The van der Waals surface area contributed by atoms with Crippen LogP contribution in [-0.4, -0.2) is 5.97 Å². The molecule has 0 radical (unpaired) electrons. The van der Waals surface area contributed by atoms with Crippen molar-refractivity contribution in [1.82, 2.24) is 0 Å². The molecule has 2 rings (SSSR count).